The van der Waals surface area contributed by atoms with E-state index in [1.165, 1.54) is 17.3 Å². The fourth-order valence-electron chi connectivity index (χ4n) is 1.75. The van der Waals surface area contributed by atoms with E-state index in [-0.39, 0.29) is 6.04 Å². The summed E-state index contributed by atoms with van der Waals surface area (Å²) < 4.78 is 1.73. The summed E-state index contributed by atoms with van der Waals surface area (Å²) in [6, 6.07) is 0.287. The SMILES string of the molecule is Cn1cc(CC(NN)C2CSCCS2)nn1. The van der Waals surface area contributed by atoms with Crippen molar-refractivity contribution in [3.05, 3.63) is 11.9 Å². The quantitative estimate of drug-likeness (QED) is 0.588. The molecule has 0 amide bonds. The number of hydrazine groups is 1. The lowest BCUT2D eigenvalue weighted by atomic mass is 10.1. The molecule has 0 aromatic carbocycles. The Labute approximate surface area is 104 Å². The number of aryl methyl sites for hydroxylation is 1. The van der Waals surface area contributed by atoms with Crippen molar-refractivity contribution >= 4 is 23.5 Å². The molecule has 1 aliphatic rings. The first-order valence-corrected chi connectivity index (χ1v) is 7.50. The molecule has 7 heteroatoms. The van der Waals surface area contributed by atoms with Crippen LogP contribution in [0.3, 0.4) is 0 Å². The lowest BCUT2D eigenvalue weighted by molar-refractivity contribution is 0.518. The molecule has 1 aliphatic heterocycles. The van der Waals surface area contributed by atoms with Crippen LogP contribution < -0.4 is 11.3 Å². The van der Waals surface area contributed by atoms with Gasteiger partial charge in [-0.1, -0.05) is 5.21 Å². The van der Waals surface area contributed by atoms with E-state index in [0.29, 0.717) is 5.25 Å². The molecule has 1 fully saturated rings. The zero-order valence-electron chi connectivity index (χ0n) is 9.30. The smallest absolute Gasteiger partial charge is 0.0843 e. The van der Waals surface area contributed by atoms with Crippen LogP contribution in [0.2, 0.25) is 0 Å². The van der Waals surface area contributed by atoms with Gasteiger partial charge >= 0.3 is 0 Å². The Hall–Kier alpha value is -0.240. The normalized spacial score (nSPS) is 23.2. The minimum Gasteiger partial charge on any atom is -0.271 e. The largest absolute Gasteiger partial charge is 0.271 e. The zero-order valence-corrected chi connectivity index (χ0v) is 10.9. The second kappa shape index (κ2) is 5.90. The van der Waals surface area contributed by atoms with Crippen molar-refractivity contribution in [2.75, 3.05) is 17.3 Å². The highest BCUT2D eigenvalue weighted by Crippen LogP contribution is 2.27. The number of aromatic nitrogens is 3. The van der Waals surface area contributed by atoms with Gasteiger partial charge in [-0.25, -0.2) is 0 Å². The van der Waals surface area contributed by atoms with Crippen LogP contribution in [0.4, 0.5) is 0 Å². The van der Waals surface area contributed by atoms with Crippen LogP contribution in [-0.4, -0.2) is 43.5 Å². The standard InChI is InChI=1S/C9H17N5S2/c1-14-5-7(12-13-14)4-8(11-10)9-6-15-2-3-16-9/h5,8-9,11H,2-4,6,10H2,1H3. The Morgan fingerprint density at radius 3 is 3.12 bits per heavy atom. The monoisotopic (exact) mass is 259 g/mol. The summed E-state index contributed by atoms with van der Waals surface area (Å²) in [5, 5.41) is 8.61. The summed E-state index contributed by atoms with van der Waals surface area (Å²) in [4.78, 5) is 0. The fraction of sp³-hybridized carbons (Fsp3) is 0.778. The van der Waals surface area contributed by atoms with Gasteiger partial charge in [0, 0.05) is 48.2 Å². The summed E-state index contributed by atoms with van der Waals surface area (Å²) in [5.41, 5.74) is 3.92. The fourth-order valence-corrected chi connectivity index (χ4v) is 4.62. The van der Waals surface area contributed by atoms with E-state index in [9.17, 15) is 0 Å². The molecule has 16 heavy (non-hydrogen) atoms. The predicted octanol–water partition coefficient (Wildman–Crippen LogP) is 0.0381. The van der Waals surface area contributed by atoms with Gasteiger partial charge < -0.3 is 0 Å². The van der Waals surface area contributed by atoms with E-state index < -0.39 is 0 Å². The van der Waals surface area contributed by atoms with E-state index in [2.05, 4.69) is 15.7 Å². The van der Waals surface area contributed by atoms with Crippen molar-refractivity contribution in [3.8, 4) is 0 Å². The van der Waals surface area contributed by atoms with E-state index in [0.717, 1.165) is 12.1 Å². The number of nitrogens with one attached hydrogen (secondary N) is 1. The predicted molar refractivity (Wildman–Crippen MR) is 69.4 cm³/mol. The van der Waals surface area contributed by atoms with Crippen LogP contribution >= 0.6 is 23.5 Å². The third-order valence-electron chi connectivity index (χ3n) is 2.58. The number of nitrogens with zero attached hydrogens (tertiary/aromatic N) is 3. The maximum Gasteiger partial charge on any atom is 0.0843 e. The topological polar surface area (TPSA) is 68.8 Å². The van der Waals surface area contributed by atoms with Gasteiger partial charge in [-0.2, -0.15) is 23.5 Å². The molecule has 2 atom stereocenters. The van der Waals surface area contributed by atoms with Gasteiger partial charge in [-0.3, -0.25) is 16.0 Å². The third-order valence-corrected chi connectivity index (χ3v) is 5.50. The number of rotatable bonds is 4. The van der Waals surface area contributed by atoms with Gasteiger partial charge in [-0.05, 0) is 0 Å². The molecule has 1 aromatic rings. The van der Waals surface area contributed by atoms with Crippen molar-refractivity contribution in [3.63, 3.8) is 0 Å². The molecule has 0 radical (unpaired) electrons. The minimum atomic E-state index is 0.287. The van der Waals surface area contributed by atoms with Crippen LogP contribution in [0.15, 0.2) is 6.20 Å². The summed E-state index contributed by atoms with van der Waals surface area (Å²) in [6.45, 7) is 0. The van der Waals surface area contributed by atoms with Crippen LogP contribution in [0.5, 0.6) is 0 Å². The molecular weight excluding hydrogens is 242 g/mol. The zero-order chi connectivity index (χ0) is 11.4. The highest BCUT2D eigenvalue weighted by molar-refractivity contribution is 8.06. The molecule has 90 valence electrons. The Bertz CT molecular complexity index is 323. The molecule has 2 heterocycles. The average Bonchev–Trinajstić information content (AvgIpc) is 2.73. The summed E-state index contributed by atoms with van der Waals surface area (Å²) >= 11 is 4.01. The average molecular weight is 259 g/mol. The molecule has 0 bridgehead atoms. The molecule has 0 saturated carbocycles. The number of nitrogens with two attached hydrogens (primary N) is 1. The Morgan fingerprint density at radius 2 is 2.56 bits per heavy atom. The first kappa shape index (κ1) is 12.2. The highest BCUT2D eigenvalue weighted by atomic mass is 32.2. The lowest BCUT2D eigenvalue weighted by Gasteiger charge is -2.28. The number of thioether (sulfide) groups is 2. The molecular formula is C9H17N5S2. The van der Waals surface area contributed by atoms with Crippen molar-refractivity contribution in [2.45, 2.75) is 17.7 Å². The van der Waals surface area contributed by atoms with Gasteiger partial charge in [-0.15, -0.1) is 5.10 Å². The number of hydrogen-bond acceptors (Lipinski definition) is 6. The van der Waals surface area contributed by atoms with E-state index in [1.807, 2.05) is 36.8 Å². The van der Waals surface area contributed by atoms with Crippen molar-refractivity contribution in [1.29, 1.82) is 0 Å². The first-order valence-electron chi connectivity index (χ1n) is 5.30. The first-order chi connectivity index (χ1) is 7.79. The minimum absolute atomic E-state index is 0.287. The molecule has 0 spiro atoms. The molecule has 3 N–H and O–H groups in total. The lowest BCUT2D eigenvalue weighted by Crippen LogP contribution is -2.46. The van der Waals surface area contributed by atoms with Crippen molar-refractivity contribution < 1.29 is 0 Å². The van der Waals surface area contributed by atoms with E-state index >= 15 is 0 Å². The van der Waals surface area contributed by atoms with Gasteiger partial charge in [0.2, 0.25) is 0 Å². The Kier molecular flexibility index (Phi) is 4.51. The van der Waals surface area contributed by atoms with Crippen molar-refractivity contribution in [1.82, 2.24) is 20.4 Å². The molecule has 5 nitrogen and oxygen atoms in total. The van der Waals surface area contributed by atoms with Gasteiger partial charge in [0.25, 0.3) is 0 Å². The van der Waals surface area contributed by atoms with Gasteiger partial charge in [0.15, 0.2) is 0 Å². The molecule has 0 aliphatic carbocycles. The van der Waals surface area contributed by atoms with E-state index in [1.54, 1.807) is 4.68 Å². The molecule has 1 aromatic heterocycles. The second-order valence-electron chi connectivity index (χ2n) is 3.84. The van der Waals surface area contributed by atoms with Crippen LogP contribution in [-0.2, 0) is 13.5 Å². The van der Waals surface area contributed by atoms with E-state index in [4.69, 9.17) is 5.84 Å². The van der Waals surface area contributed by atoms with Crippen molar-refractivity contribution in [2.24, 2.45) is 12.9 Å². The summed E-state index contributed by atoms with van der Waals surface area (Å²) in [6.07, 6.45) is 2.80. The second-order valence-corrected chi connectivity index (χ2v) is 6.34. The van der Waals surface area contributed by atoms with Crippen LogP contribution in [0.25, 0.3) is 0 Å². The molecule has 1 saturated heterocycles. The molecule has 2 unspecified atom stereocenters. The van der Waals surface area contributed by atoms with Gasteiger partial charge in [0.05, 0.1) is 5.69 Å². The van der Waals surface area contributed by atoms with Crippen LogP contribution in [0, 0.1) is 0 Å². The Morgan fingerprint density at radius 1 is 1.69 bits per heavy atom. The Balaban J connectivity index is 1.94. The van der Waals surface area contributed by atoms with Gasteiger partial charge in [0.1, 0.15) is 0 Å². The summed E-state index contributed by atoms with van der Waals surface area (Å²) in [5.74, 6) is 9.27. The maximum atomic E-state index is 5.63. The molecule has 2 rings (SSSR count). The summed E-state index contributed by atoms with van der Waals surface area (Å²) in [7, 11) is 1.88. The highest BCUT2D eigenvalue weighted by Gasteiger charge is 2.24. The number of hydrogen-bond donors (Lipinski definition) is 2. The third kappa shape index (κ3) is 3.13. The maximum absolute atomic E-state index is 5.63. The van der Waals surface area contributed by atoms with Crippen LogP contribution in [0.1, 0.15) is 5.69 Å².